The molecule has 0 saturated heterocycles. The van der Waals surface area contributed by atoms with Gasteiger partial charge in [0.15, 0.2) is 0 Å². The highest BCUT2D eigenvalue weighted by atomic mass is 35.5. The molecule has 11 nitrogen and oxygen atoms in total. The Morgan fingerprint density at radius 3 is 2.37 bits per heavy atom. The Balaban J connectivity index is 1.57. The summed E-state index contributed by atoms with van der Waals surface area (Å²) in [6, 6.07) is 15.0. The number of nitrogens with one attached hydrogen (secondary N) is 3. The molecule has 0 aliphatic carbocycles. The third-order valence-electron chi connectivity index (χ3n) is 5.02. The van der Waals surface area contributed by atoms with E-state index >= 15 is 0 Å². The minimum atomic E-state index is -4.30. The largest absolute Gasteiger partial charge is 0.414 e. The molecule has 3 aromatic rings. The summed E-state index contributed by atoms with van der Waals surface area (Å²) in [7, 11) is -2.82. The number of hydrogen-bond donors (Lipinski definition) is 3. The monoisotopic (exact) mass is 560 g/mol. The van der Waals surface area contributed by atoms with Crippen LogP contribution in [-0.4, -0.2) is 58.1 Å². The third kappa shape index (κ3) is 8.54. The molecule has 0 unspecified atom stereocenters. The Morgan fingerprint density at radius 2 is 1.68 bits per heavy atom. The Morgan fingerprint density at radius 1 is 0.921 bits per heavy atom. The van der Waals surface area contributed by atoms with E-state index < -0.39 is 27.9 Å². The van der Waals surface area contributed by atoms with Crippen molar-refractivity contribution in [3.05, 3.63) is 88.6 Å². The van der Waals surface area contributed by atoms with Crippen LogP contribution in [0, 0.1) is 0 Å². The summed E-state index contributed by atoms with van der Waals surface area (Å²) in [5.74, 6) is -1.51. The van der Waals surface area contributed by atoms with Crippen LogP contribution in [0.25, 0.3) is 0 Å². The Labute approximate surface area is 224 Å². The van der Waals surface area contributed by atoms with Crippen molar-refractivity contribution in [2.45, 2.75) is 11.3 Å². The van der Waals surface area contributed by atoms with E-state index in [1.165, 1.54) is 43.5 Å². The molecular weight excluding hydrogens is 536 g/mol. The van der Waals surface area contributed by atoms with Gasteiger partial charge in [0.25, 0.3) is 21.8 Å². The molecule has 1 aromatic heterocycles. The van der Waals surface area contributed by atoms with E-state index in [1.807, 2.05) is 16.9 Å². The van der Waals surface area contributed by atoms with Crippen molar-refractivity contribution in [2.24, 2.45) is 0 Å². The second-order valence-corrected chi connectivity index (χ2v) is 9.91. The van der Waals surface area contributed by atoms with E-state index in [1.54, 1.807) is 12.1 Å². The van der Waals surface area contributed by atoms with Gasteiger partial charge in [0.2, 0.25) is 5.88 Å². The van der Waals surface area contributed by atoms with Crippen molar-refractivity contribution in [2.75, 3.05) is 26.8 Å². The zero-order chi connectivity index (χ0) is 27.5. The summed E-state index contributed by atoms with van der Waals surface area (Å²) >= 11 is 5.86. The Hall–Kier alpha value is -4.00. The maximum Gasteiger partial charge on any atom is 0.414 e. The van der Waals surface area contributed by atoms with Crippen LogP contribution in [-0.2, 0) is 21.2 Å². The lowest BCUT2D eigenvalue weighted by atomic mass is 10.1. The second-order valence-electron chi connectivity index (χ2n) is 7.79. The highest BCUT2D eigenvalue weighted by Gasteiger charge is 2.21. The molecule has 0 bridgehead atoms. The van der Waals surface area contributed by atoms with E-state index in [0.717, 1.165) is 11.8 Å². The highest BCUT2D eigenvalue weighted by Crippen LogP contribution is 2.14. The number of methoxy groups -OCH3 is 1. The number of aromatic nitrogens is 1. The molecular formula is C25H25ClN4O7S. The number of hydrogen-bond acceptors (Lipinski definition) is 8. The lowest BCUT2D eigenvalue weighted by Gasteiger charge is -2.10. The standard InChI is InChI=1S/C25H25ClN4O7S/c1-36-14-13-28-25(33)37-22-10-7-19(16-29-22)24(32)30-38(34,35)21-4-2-3-18(15-21)23(31)27-12-11-17-5-8-20(26)9-6-17/h2-10,15-16H,11-14H2,1H3,(H,27,31)(H,28,33)(H,30,32). The van der Waals surface area contributed by atoms with Gasteiger partial charge in [0, 0.05) is 43.0 Å². The second kappa shape index (κ2) is 13.5. The van der Waals surface area contributed by atoms with Crippen LogP contribution < -0.4 is 20.1 Å². The van der Waals surface area contributed by atoms with E-state index in [4.69, 9.17) is 21.1 Å². The fourth-order valence-electron chi connectivity index (χ4n) is 3.08. The van der Waals surface area contributed by atoms with Crippen LogP contribution >= 0.6 is 11.6 Å². The number of sulfonamides is 1. The number of pyridine rings is 1. The van der Waals surface area contributed by atoms with E-state index in [9.17, 15) is 22.8 Å². The van der Waals surface area contributed by atoms with Crippen molar-refractivity contribution in [3.63, 3.8) is 0 Å². The summed E-state index contributed by atoms with van der Waals surface area (Å²) in [6.07, 6.45) is 0.865. The molecule has 38 heavy (non-hydrogen) atoms. The first-order valence-corrected chi connectivity index (χ1v) is 13.1. The highest BCUT2D eigenvalue weighted by molar-refractivity contribution is 7.90. The molecule has 2 aromatic carbocycles. The topological polar surface area (TPSA) is 153 Å². The molecule has 13 heteroatoms. The quantitative estimate of drug-likeness (QED) is 0.302. The van der Waals surface area contributed by atoms with Crippen molar-refractivity contribution in [3.8, 4) is 5.88 Å². The van der Waals surface area contributed by atoms with Gasteiger partial charge in [-0.3, -0.25) is 9.59 Å². The fourth-order valence-corrected chi connectivity index (χ4v) is 4.22. The van der Waals surface area contributed by atoms with E-state index in [-0.39, 0.29) is 28.4 Å². The van der Waals surface area contributed by atoms with Gasteiger partial charge < -0.3 is 20.1 Å². The summed E-state index contributed by atoms with van der Waals surface area (Å²) in [5, 5.41) is 5.78. The fraction of sp³-hybridized carbons (Fsp3) is 0.200. The van der Waals surface area contributed by atoms with Gasteiger partial charge in [-0.25, -0.2) is 22.9 Å². The first-order valence-electron chi connectivity index (χ1n) is 11.3. The molecule has 0 spiro atoms. The van der Waals surface area contributed by atoms with Crippen LogP contribution in [0.15, 0.2) is 71.8 Å². The predicted molar refractivity (Wildman–Crippen MR) is 139 cm³/mol. The maximum absolute atomic E-state index is 12.8. The number of carbonyl (C=O) groups is 3. The van der Waals surface area contributed by atoms with Gasteiger partial charge in [0.05, 0.1) is 17.1 Å². The molecule has 3 rings (SSSR count). The van der Waals surface area contributed by atoms with Crippen molar-refractivity contribution < 1.29 is 32.3 Å². The number of nitrogens with zero attached hydrogens (tertiary/aromatic N) is 1. The molecule has 0 aliphatic heterocycles. The average molecular weight is 561 g/mol. The van der Waals surface area contributed by atoms with Crippen LogP contribution in [0.5, 0.6) is 5.88 Å². The zero-order valence-corrected chi connectivity index (χ0v) is 21.8. The maximum atomic E-state index is 12.8. The number of rotatable bonds is 11. The summed E-state index contributed by atoms with van der Waals surface area (Å²) in [6.45, 7) is 0.865. The number of halogens is 1. The number of ether oxygens (including phenoxy) is 2. The van der Waals surface area contributed by atoms with Gasteiger partial charge in [-0.2, -0.15) is 0 Å². The SMILES string of the molecule is COCCNC(=O)Oc1ccc(C(=O)NS(=O)(=O)c2cccc(C(=O)NCCc3ccc(Cl)cc3)c2)cn1. The molecule has 0 fully saturated rings. The lowest BCUT2D eigenvalue weighted by Crippen LogP contribution is -2.31. The average Bonchev–Trinajstić information content (AvgIpc) is 2.90. The smallest absolute Gasteiger partial charge is 0.391 e. The summed E-state index contributed by atoms with van der Waals surface area (Å²) in [5.41, 5.74) is 1.01. The summed E-state index contributed by atoms with van der Waals surface area (Å²) in [4.78, 5) is 40.2. The van der Waals surface area contributed by atoms with Gasteiger partial charge in [-0.15, -0.1) is 0 Å². The lowest BCUT2D eigenvalue weighted by molar-refractivity contribution is 0.0952. The van der Waals surface area contributed by atoms with Crippen LogP contribution in [0.2, 0.25) is 5.02 Å². The Kier molecular flexibility index (Phi) is 10.2. The normalized spacial score (nSPS) is 10.9. The molecule has 200 valence electrons. The van der Waals surface area contributed by atoms with Crippen molar-refractivity contribution in [1.82, 2.24) is 20.3 Å². The molecule has 0 radical (unpaired) electrons. The van der Waals surface area contributed by atoms with Crippen molar-refractivity contribution in [1.29, 1.82) is 0 Å². The van der Waals surface area contributed by atoms with Gasteiger partial charge in [-0.05, 0) is 48.4 Å². The first kappa shape index (κ1) is 28.6. The number of amides is 3. The van der Waals surface area contributed by atoms with E-state index in [0.29, 0.717) is 24.6 Å². The zero-order valence-electron chi connectivity index (χ0n) is 20.3. The predicted octanol–water partition coefficient (Wildman–Crippen LogP) is 2.56. The van der Waals surface area contributed by atoms with Crippen LogP contribution in [0.3, 0.4) is 0 Å². The minimum absolute atomic E-state index is 0.0863. The van der Waals surface area contributed by atoms with Crippen LogP contribution in [0.1, 0.15) is 26.3 Å². The summed E-state index contributed by atoms with van der Waals surface area (Å²) < 4.78 is 37.2. The minimum Gasteiger partial charge on any atom is -0.391 e. The van der Waals surface area contributed by atoms with E-state index in [2.05, 4.69) is 15.6 Å². The van der Waals surface area contributed by atoms with Gasteiger partial charge in [0.1, 0.15) is 0 Å². The molecule has 1 heterocycles. The molecule has 3 N–H and O–H groups in total. The molecule has 0 atom stereocenters. The van der Waals surface area contributed by atoms with Gasteiger partial charge >= 0.3 is 6.09 Å². The molecule has 0 aliphatic rings. The number of carbonyl (C=O) groups excluding carboxylic acids is 3. The Bertz CT molecular complexity index is 1380. The van der Waals surface area contributed by atoms with Crippen LogP contribution in [0.4, 0.5) is 4.79 Å². The third-order valence-corrected chi connectivity index (χ3v) is 6.60. The number of benzene rings is 2. The first-order chi connectivity index (χ1) is 18.2. The van der Waals surface area contributed by atoms with Crippen molar-refractivity contribution >= 4 is 39.5 Å². The molecule has 0 saturated carbocycles. The van der Waals surface area contributed by atoms with Gasteiger partial charge in [-0.1, -0.05) is 29.8 Å². The molecule has 3 amide bonds.